The maximum atomic E-state index is 13.0. The van der Waals surface area contributed by atoms with Crippen molar-refractivity contribution in [3.63, 3.8) is 0 Å². The molecule has 6 rings (SSSR count). The van der Waals surface area contributed by atoms with Crippen molar-refractivity contribution in [3.8, 4) is 0 Å². The van der Waals surface area contributed by atoms with Gasteiger partial charge in [0, 0.05) is 19.8 Å². The predicted octanol–water partition coefficient (Wildman–Crippen LogP) is 5.66. The van der Waals surface area contributed by atoms with Crippen LogP contribution in [0.5, 0.6) is 0 Å². The van der Waals surface area contributed by atoms with Crippen molar-refractivity contribution in [1.29, 1.82) is 0 Å². The van der Waals surface area contributed by atoms with Gasteiger partial charge in [0.1, 0.15) is 5.76 Å². The average Bonchev–Trinajstić information content (AvgIpc) is 3.50. The number of amides is 2. The molecule has 0 aromatic heterocycles. The molecule has 2 aliphatic carbocycles. The van der Waals surface area contributed by atoms with Gasteiger partial charge in [0.2, 0.25) is 0 Å². The number of aliphatic hydroxyl groups excluding tert-OH is 1. The topological polar surface area (TPSA) is 127 Å². The van der Waals surface area contributed by atoms with Gasteiger partial charge in [-0.05, 0) is 137 Å². The first-order chi connectivity index (χ1) is 23.9. The van der Waals surface area contributed by atoms with Gasteiger partial charge in [-0.2, -0.15) is 0 Å². The van der Waals surface area contributed by atoms with E-state index in [0.29, 0.717) is 11.7 Å². The molecule has 2 aliphatic heterocycles. The molecule has 4 N–H and O–H groups in total. The maximum Gasteiger partial charge on any atom is 1.00 e. The first-order valence-electron chi connectivity index (χ1n) is 19.0. The van der Waals surface area contributed by atoms with E-state index in [-0.39, 0.29) is 71.7 Å². The number of hydrogen-bond acceptors (Lipinski definition) is 6. The zero-order valence-corrected chi connectivity index (χ0v) is 35.5. The second kappa shape index (κ2) is 19.4. The predicted molar refractivity (Wildman–Crippen MR) is 211 cm³/mol. The number of rotatable bonds is 8. The Bertz CT molecular complexity index is 1500. The molecular weight excluding hydrogens is 675 g/mol. The van der Waals surface area contributed by atoms with Crippen molar-refractivity contribution in [2.75, 3.05) is 14.2 Å². The number of methoxy groups -OCH3 is 2. The SMILES string of the molecule is C.CCc1cc(C)cc(CC)c1C1=C(C)C2(CCC(OC)CC2)NC1=O.CCc1cc(C)cc(CC)c1C1=C(O)C2(CCC(OC)CC2)NC1=O.[Na+].[OH-]. The first-order valence-corrected chi connectivity index (χ1v) is 19.0. The molecule has 9 heteroatoms. The molecule has 2 heterocycles. The van der Waals surface area contributed by atoms with Gasteiger partial charge < -0.3 is 30.7 Å². The summed E-state index contributed by atoms with van der Waals surface area (Å²) in [7, 11) is 3.52. The third-order valence-electron chi connectivity index (χ3n) is 12.1. The summed E-state index contributed by atoms with van der Waals surface area (Å²) in [5, 5.41) is 17.6. The molecule has 2 spiro atoms. The van der Waals surface area contributed by atoms with Gasteiger partial charge in [-0.25, -0.2) is 0 Å². The molecule has 2 aromatic carbocycles. The van der Waals surface area contributed by atoms with Crippen molar-refractivity contribution in [2.45, 2.75) is 156 Å². The fraction of sp³-hybridized carbons (Fsp3) is 0.591. The van der Waals surface area contributed by atoms with Crippen LogP contribution in [0.4, 0.5) is 0 Å². The molecule has 0 bridgehead atoms. The van der Waals surface area contributed by atoms with E-state index in [4.69, 9.17) is 9.47 Å². The Labute approximate surface area is 341 Å². The van der Waals surface area contributed by atoms with Crippen LogP contribution in [0, 0.1) is 13.8 Å². The summed E-state index contributed by atoms with van der Waals surface area (Å²) in [6.45, 7) is 15.0. The first kappa shape index (κ1) is 46.7. The van der Waals surface area contributed by atoms with Gasteiger partial charge in [0.05, 0.1) is 28.9 Å². The Morgan fingerprint density at radius 3 is 1.32 bits per heavy atom. The molecule has 0 unspecified atom stereocenters. The van der Waals surface area contributed by atoms with E-state index in [0.717, 1.165) is 99.3 Å². The zero-order valence-electron chi connectivity index (χ0n) is 33.5. The quantitative estimate of drug-likeness (QED) is 0.300. The molecule has 0 radical (unpaired) electrons. The van der Waals surface area contributed by atoms with Crippen molar-refractivity contribution in [3.05, 3.63) is 80.1 Å². The second-order valence-corrected chi connectivity index (χ2v) is 15.0. The normalized spacial score (nSPS) is 24.9. The third kappa shape index (κ3) is 9.00. The van der Waals surface area contributed by atoms with Gasteiger partial charge in [-0.1, -0.05) is 70.5 Å². The summed E-state index contributed by atoms with van der Waals surface area (Å²) in [6.07, 6.45) is 11.2. The minimum atomic E-state index is -0.609. The minimum absolute atomic E-state index is 0. The number of carbonyl (C=O) groups excluding carboxylic acids is 2. The summed E-state index contributed by atoms with van der Waals surface area (Å²) in [6, 6.07) is 8.76. The van der Waals surface area contributed by atoms with E-state index in [2.05, 4.69) is 83.4 Å². The third-order valence-corrected chi connectivity index (χ3v) is 12.1. The Balaban J connectivity index is 0.000000347. The Hall–Kier alpha value is -2.46. The number of benzene rings is 2. The van der Waals surface area contributed by atoms with E-state index in [1.165, 1.54) is 33.4 Å². The van der Waals surface area contributed by atoms with Crippen molar-refractivity contribution in [2.24, 2.45) is 0 Å². The van der Waals surface area contributed by atoms with E-state index in [1.807, 2.05) is 0 Å². The molecule has 0 saturated heterocycles. The molecule has 2 amide bonds. The van der Waals surface area contributed by atoms with Crippen LogP contribution in [0.1, 0.15) is 138 Å². The monoisotopic (exact) mass is 740 g/mol. The molecular formula is C44H65N2NaO6. The summed E-state index contributed by atoms with van der Waals surface area (Å²) in [5.74, 6) is 0.212. The van der Waals surface area contributed by atoms with Crippen molar-refractivity contribution < 1.29 is 59.2 Å². The number of aryl methyl sites for hydroxylation is 6. The summed E-state index contributed by atoms with van der Waals surface area (Å²) in [4.78, 5) is 25.9. The van der Waals surface area contributed by atoms with E-state index < -0.39 is 5.54 Å². The number of hydrogen-bond donors (Lipinski definition) is 3. The van der Waals surface area contributed by atoms with Crippen LogP contribution in [0.2, 0.25) is 0 Å². The molecule has 2 saturated carbocycles. The Morgan fingerprint density at radius 2 is 0.962 bits per heavy atom. The molecule has 288 valence electrons. The van der Waals surface area contributed by atoms with Crippen LogP contribution in [-0.4, -0.2) is 59.9 Å². The molecule has 53 heavy (non-hydrogen) atoms. The smallest absolute Gasteiger partial charge is 0.870 e. The standard InChI is InChI=1S/C22H31NO2.C21H29NO3.CH4.Na.H2O/c1-6-16-12-14(3)13-17(7-2)20(16)19-15(4)22(23-21(19)24)10-8-18(25-5)9-11-22;1-5-14-11-13(3)12-15(6-2)17(14)18-19(23)21(22-20(18)24)9-7-16(25-4)8-10-21;;;/h12-13,18H,6-11H2,1-5H3,(H,23,24);11-12,16,23H,5-10H2,1-4H3,(H,22,24);1H4;;1H2/q;;;+1;/p-1. The molecule has 0 atom stereocenters. The molecule has 4 aliphatic rings. The van der Waals surface area contributed by atoms with Gasteiger partial charge in [-0.15, -0.1) is 0 Å². The summed E-state index contributed by atoms with van der Waals surface area (Å²) < 4.78 is 11.0. The van der Waals surface area contributed by atoms with Gasteiger partial charge in [0.25, 0.3) is 11.8 Å². The van der Waals surface area contributed by atoms with Crippen LogP contribution >= 0.6 is 0 Å². The maximum absolute atomic E-state index is 13.0. The van der Waals surface area contributed by atoms with Crippen molar-refractivity contribution in [1.82, 2.24) is 10.6 Å². The Kier molecular flexibility index (Phi) is 17.1. The minimum Gasteiger partial charge on any atom is -0.870 e. The van der Waals surface area contributed by atoms with E-state index >= 15 is 0 Å². The van der Waals surface area contributed by atoms with Crippen molar-refractivity contribution >= 4 is 23.0 Å². The summed E-state index contributed by atoms with van der Waals surface area (Å²) in [5.41, 5.74) is 11.4. The summed E-state index contributed by atoms with van der Waals surface area (Å²) >= 11 is 0. The van der Waals surface area contributed by atoms with Crippen LogP contribution in [-0.2, 0) is 44.7 Å². The largest absolute Gasteiger partial charge is 1.00 e. The van der Waals surface area contributed by atoms with Gasteiger partial charge in [-0.3, -0.25) is 9.59 Å². The molecule has 8 nitrogen and oxygen atoms in total. The number of nitrogens with one attached hydrogen (secondary N) is 2. The van der Waals surface area contributed by atoms with Crippen LogP contribution in [0.3, 0.4) is 0 Å². The molecule has 2 aromatic rings. The number of carbonyl (C=O) groups is 2. The average molecular weight is 741 g/mol. The van der Waals surface area contributed by atoms with Gasteiger partial charge >= 0.3 is 29.6 Å². The van der Waals surface area contributed by atoms with Gasteiger partial charge in [0.15, 0.2) is 0 Å². The van der Waals surface area contributed by atoms with Crippen LogP contribution < -0.4 is 40.2 Å². The number of ether oxygens (including phenoxy) is 2. The van der Waals surface area contributed by atoms with Crippen LogP contribution in [0.15, 0.2) is 35.6 Å². The fourth-order valence-electron chi connectivity index (χ4n) is 9.14. The second-order valence-electron chi connectivity index (χ2n) is 15.0. The molecule has 2 fully saturated rings. The van der Waals surface area contributed by atoms with E-state index in [9.17, 15) is 14.7 Å². The van der Waals surface area contributed by atoms with Crippen LogP contribution in [0.25, 0.3) is 11.1 Å². The number of aliphatic hydroxyl groups is 1. The fourth-order valence-corrected chi connectivity index (χ4v) is 9.14. The zero-order chi connectivity index (χ0) is 36.4. The Morgan fingerprint density at radius 1 is 0.642 bits per heavy atom. The van der Waals surface area contributed by atoms with E-state index in [1.54, 1.807) is 14.2 Å².